The average molecular weight is 168 g/mol. The van der Waals surface area contributed by atoms with Crippen LogP contribution in [0, 0.1) is 0 Å². The summed E-state index contributed by atoms with van der Waals surface area (Å²) >= 11 is 0. The third-order valence-corrected chi connectivity index (χ3v) is 2.18. The summed E-state index contributed by atoms with van der Waals surface area (Å²) in [4.78, 5) is 14.7. The van der Waals surface area contributed by atoms with E-state index in [4.69, 9.17) is 0 Å². The fraction of sp³-hybridized carbons (Fsp3) is 0.667. The fourth-order valence-electron chi connectivity index (χ4n) is 1.44. The van der Waals surface area contributed by atoms with Crippen molar-refractivity contribution in [2.24, 2.45) is 0 Å². The number of nitrogens with zero attached hydrogens (tertiary/aromatic N) is 2. The van der Waals surface area contributed by atoms with Gasteiger partial charge in [-0.25, -0.2) is 0 Å². The van der Waals surface area contributed by atoms with E-state index < -0.39 is 0 Å². The summed E-state index contributed by atoms with van der Waals surface area (Å²) in [5.74, 6) is 0. The molecular formula is C9H16N2O. The lowest BCUT2D eigenvalue weighted by atomic mass is 10.3. The van der Waals surface area contributed by atoms with Crippen molar-refractivity contribution in [1.82, 2.24) is 9.80 Å². The molecule has 1 aliphatic rings. The van der Waals surface area contributed by atoms with E-state index in [0.29, 0.717) is 6.54 Å². The third-order valence-electron chi connectivity index (χ3n) is 2.18. The van der Waals surface area contributed by atoms with E-state index in [1.165, 1.54) is 0 Å². The van der Waals surface area contributed by atoms with Gasteiger partial charge in [0.25, 0.3) is 0 Å². The summed E-state index contributed by atoms with van der Waals surface area (Å²) in [6.07, 6.45) is 2.90. The average Bonchev–Trinajstić information content (AvgIpc) is 2.09. The number of aldehydes is 1. The standard InChI is InChI=1S/C9H16N2O/c1-2-3-10-4-6-11(7-5-10)8-9-12/h2,9H,1,3-8H2. The first kappa shape index (κ1) is 9.42. The maximum Gasteiger partial charge on any atom is 0.133 e. The predicted octanol–water partition coefficient (Wildman–Crippen LogP) is -0.0111. The Bertz CT molecular complexity index is 133. The first-order valence-electron chi connectivity index (χ1n) is 4.36. The van der Waals surface area contributed by atoms with Crippen molar-refractivity contribution in [2.45, 2.75) is 0 Å². The molecule has 0 aromatic heterocycles. The first-order chi connectivity index (χ1) is 5.86. The quantitative estimate of drug-likeness (QED) is 0.436. The first-order valence-corrected chi connectivity index (χ1v) is 4.36. The molecule has 0 radical (unpaired) electrons. The van der Waals surface area contributed by atoms with Crippen LogP contribution >= 0.6 is 0 Å². The van der Waals surface area contributed by atoms with Crippen LogP contribution in [0.2, 0.25) is 0 Å². The van der Waals surface area contributed by atoms with E-state index in [1.807, 2.05) is 6.08 Å². The van der Waals surface area contributed by atoms with Crippen molar-refractivity contribution >= 4 is 6.29 Å². The Balaban J connectivity index is 2.19. The van der Waals surface area contributed by atoms with Gasteiger partial charge in [-0.05, 0) is 0 Å². The van der Waals surface area contributed by atoms with Crippen LogP contribution < -0.4 is 0 Å². The van der Waals surface area contributed by atoms with Crippen LogP contribution in [-0.4, -0.2) is 55.4 Å². The van der Waals surface area contributed by atoms with E-state index in [-0.39, 0.29) is 0 Å². The van der Waals surface area contributed by atoms with Crippen molar-refractivity contribution < 1.29 is 4.79 Å². The molecule has 1 heterocycles. The van der Waals surface area contributed by atoms with Gasteiger partial charge in [0.2, 0.25) is 0 Å². The summed E-state index contributed by atoms with van der Waals surface area (Å²) in [6, 6.07) is 0. The van der Waals surface area contributed by atoms with E-state index in [2.05, 4.69) is 16.4 Å². The maximum absolute atomic E-state index is 10.2. The molecule has 0 unspecified atom stereocenters. The highest BCUT2D eigenvalue weighted by Crippen LogP contribution is 1.99. The molecule has 0 aromatic carbocycles. The molecule has 68 valence electrons. The molecule has 1 aliphatic heterocycles. The minimum atomic E-state index is 0.585. The summed E-state index contributed by atoms with van der Waals surface area (Å²) in [5.41, 5.74) is 0. The van der Waals surface area contributed by atoms with Gasteiger partial charge in [0.05, 0.1) is 6.54 Å². The zero-order valence-corrected chi connectivity index (χ0v) is 7.41. The SMILES string of the molecule is C=CCN1CCN(CC=O)CC1. The molecule has 0 amide bonds. The molecule has 0 aromatic rings. The summed E-state index contributed by atoms with van der Waals surface area (Å²) in [7, 11) is 0. The minimum absolute atomic E-state index is 0.585. The molecule has 0 atom stereocenters. The van der Waals surface area contributed by atoms with Crippen LogP contribution in [0.5, 0.6) is 0 Å². The van der Waals surface area contributed by atoms with Gasteiger partial charge in [0.1, 0.15) is 6.29 Å². The van der Waals surface area contributed by atoms with Gasteiger partial charge in [0.15, 0.2) is 0 Å². The van der Waals surface area contributed by atoms with Crippen molar-refractivity contribution in [1.29, 1.82) is 0 Å². The molecule has 0 saturated carbocycles. The molecule has 1 fully saturated rings. The molecule has 0 bridgehead atoms. The second-order valence-electron chi connectivity index (χ2n) is 3.06. The van der Waals surface area contributed by atoms with Crippen LogP contribution in [0.3, 0.4) is 0 Å². The Hall–Kier alpha value is -0.670. The van der Waals surface area contributed by atoms with Crippen molar-refractivity contribution in [3.63, 3.8) is 0 Å². The van der Waals surface area contributed by atoms with E-state index in [9.17, 15) is 4.79 Å². The van der Waals surface area contributed by atoms with Crippen LogP contribution in [-0.2, 0) is 4.79 Å². The number of piperazine rings is 1. The van der Waals surface area contributed by atoms with E-state index in [0.717, 1.165) is 39.0 Å². The van der Waals surface area contributed by atoms with Gasteiger partial charge < -0.3 is 4.79 Å². The third kappa shape index (κ3) is 2.75. The molecule has 12 heavy (non-hydrogen) atoms. The lowest BCUT2D eigenvalue weighted by molar-refractivity contribution is -0.109. The zero-order chi connectivity index (χ0) is 8.81. The molecule has 0 aliphatic carbocycles. The second kappa shape index (κ2) is 5.06. The highest BCUT2D eigenvalue weighted by molar-refractivity contribution is 5.51. The Morgan fingerprint density at radius 3 is 2.00 bits per heavy atom. The predicted molar refractivity (Wildman–Crippen MR) is 49.1 cm³/mol. The Kier molecular flexibility index (Phi) is 3.97. The van der Waals surface area contributed by atoms with Gasteiger partial charge in [-0.3, -0.25) is 9.80 Å². The number of hydrogen-bond donors (Lipinski definition) is 0. The van der Waals surface area contributed by atoms with Crippen LogP contribution in [0.25, 0.3) is 0 Å². The fourth-order valence-corrected chi connectivity index (χ4v) is 1.44. The van der Waals surface area contributed by atoms with E-state index >= 15 is 0 Å². The number of carbonyl (C=O) groups is 1. The lowest BCUT2D eigenvalue weighted by Crippen LogP contribution is -2.46. The van der Waals surface area contributed by atoms with Gasteiger partial charge in [-0.15, -0.1) is 6.58 Å². The van der Waals surface area contributed by atoms with Crippen LogP contribution in [0.15, 0.2) is 12.7 Å². The molecule has 3 nitrogen and oxygen atoms in total. The molecule has 1 saturated heterocycles. The molecule has 0 spiro atoms. The molecule has 3 heteroatoms. The summed E-state index contributed by atoms with van der Waals surface area (Å²) in [5, 5.41) is 0. The summed E-state index contributed by atoms with van der Waals surface area (Å²) in [6.45, 7) is 9.38. The van der Waals surface area contributed by atoms with Crippen LogP contribution in [0.1, 0.15) is 0 Å². The monoisotopic (exact) mass is 168 g/mol. The summed E-state index contributed by atoms with van der Waals surface area (Å²) < 4.78 is 0. The largest absolute Gasteiger partial charge is 0.302 e. The van der Waals surface area contributed by atoms with Gasteiger partial charge in [0, 0.05) is 32.7 Å². The maximum atomic E-state index is 10.2. The molecule has 1 rings (SSSR count). The molecular weight excluding hydrogens is 152 g/mol. The van der Waals surface area contributed by atoms with Crippen LogP contribution in [0.4, 0.5) is 0 Å². The number of hydrogen-bond acceptors (Lipinski definition) is 3. The number of rotatable bonds is 4. The smallest absolute Gasteiger partial charge is 0.133 e. The Labute approximate surface area is 73.6 Å². The van der Waals surface area contributed by atoms with Crippen molar-refractivity contribution in [3.05, 3.63) is 12.7 Å². The minimum Gasteiger partial charge on any atom is -0.302 e. The van der Waals surface area contributed by atoms with Gasteiger partial charge in [-0.2, -0.15) is 0 Å². The van der Waals surface area contributed by atoms with Gasteiger partial charge in [-0.1, -0.05) is 6.08 Å². The highest BCUT2D eigenvalue weighted by atomic mass is 16.1. The second-order valence-corrected chi connectivity index (χ2v) is 3.06. The van der Waals surface area contributed by atoms with Crippen molar-refractivity contribution in [2.75, 3.05) is 39.3 Å². The highest BCUT2D eigenvalue weighted by Gasteiger charge is 2.14. The molecule has 0 N–H and O–H groups in total. The Morgan fingerprint density at radius 2 is 1.58 bits per heavy atom. The number of carbonyl (C=O) groups excluding carboxylic acids is 1. The van der Waals surface area contributed by atoms with E-state index in [1.54, 1.807) is 0 Å². The normalized spacial score (nSPS) is 20.7. The lowest BCUT2D eigenvalue weighted by Gasteiger charge is -2.32. The zero-order valence-electron chi connectivity index (χ0n) is 7.41. The van der Waals surface area contributed by atoms with Crippen molar-refractivity contribution in [3.8, 4) is 0 Å². The topological polar surface area (TPSA) is 23.6 Å². The Morgan fingerprint density at radius 1 is 1.08 bits per heavy atom. The van der Waals surface area contributed by atoms with Gasteiger partial charge >= 0.3 is 0 Å².